The zero-order valence-corrected chi connectivity index (χ0v) is 21.4. The molecule has 7 nitrogen and oxygen atoms in total. The minimum Gasteiger partial charge on any atom is -0.337 e. The van der Waals surface area contributed by atoms with Crippen molar-refractivity contribution in [3.63, 3.8) is 0 Å². The van der Waals surface area contributed by atoms with Gasteiger partial charge >= 0.3 is 6.03 Å². The van der Waals surface area contributed by atoms with E-state index >= 15 is 0 Å². The maximum absolute atomic E-state index is 12.4. The zero-order chi connectivity index (χ0) is 25.8. The molecular weight excluding hydrogens is 443 g/mol. The minimum atomic E-state index is -0.660. The summed E-state index contributed by atoms with van der Waals surface area (Å²) in [5, 5.41) is 18.1. The molecule has 6 N–H and O–H groups in total. The standard InChI is InChI=1S/C20H34N6O.C7H7F.2H2/c1-4-5-17(21)20(3,18(22)15-6-8-23-9-7-15)13-25-19(27)26-16-10-14(2)11-24-12-16;1-6-4-2-3-5-7(6)8;;/h6-9,14,16-17,22,24H,4-5,10-13,21H2,1-3H3,(H2,25,26,27);2-5H,1H3;2*1H. The number of hydrogen-bond donors (Lipinski definition) is 5. The molecule has 1 aliphatic heterocycles. The highest BCUT2D eigenvalue weighted by atomic mass is 19.1. The first kappa shape index (κ1) is 28.4. The molecule has 2 heterocycles. The number of nitrogens with zero attached hydrogens (tertiary/aromatic N) is 1. The molecule has 1 aliphatic rings. The first-order valence-electron chi connectivity index (χ1n) is 12.4. The number of piperidine rings is 1. The molecule has 2 aromatic rings. The molecule has 8 heteroatoms. The highest BCUT2D eigenvalue weighted by Gasteiger charge is 2.37. The van der Waals surface area contributed by atoms with Gasteiger partial charge in [0.2, 0.25) is 0 Å². The van der Waals surface area contributed by atoms with Crippen molar-refractivity contribution in [2.75, 3.05) is 19.6 Å². The van der Waals surface area contributed by atoms with Crippen LogP contribution in [0.1, 0.15) is 54.0 Å². The van der Waals surface area contributed by atoms with Crippen LogP contribution >= 0.6 is 0 Å². The molecule has 0 saturated carbocycles. The van der Waals surface area contributed by atoms with Gasteiger partial charge in [0.1, 0.15) is 5.82 Å². The number of aromatic nitrogens is 1. The number of urea groups is 1. The van der Waals surface area contributed by atoms with Gasteiger partial charge in [-0.05, 0) is 61.6 Å². The smallest absolute Gasteiger partial charge is 0.315 e. The van der Waals surface area contributed by atoms with Gasteiger partial charge in [-0.3, -0.25) is 4.98 Å². The highest BCUT2D eigenvalue weighted by molar-refractivity contribution is 6.03. The van der Waals surface area contributed by atoms with Crippen LogP contribution in [0.3, 0.4) is 0 Å². The average Bonchev–Trinajstić information content (AvgIpc) is 2.85. The Kier molecular flexibility index (Phi) is 11.3. The fraction of sp³-hybridized carbons (Fsp3) is 0.519. The Morgan fingerprint density at radius 2 is 2.00 bits per heavy atom. The summed E-state index contributed by atoms with van der Waals surface area (Å²) in [4.78, 5) is 16.5. The molecule has 4 unspecified atom stereocenters. The van der Waals surface area contributed by atoms with Gasteiger partial charge in [0.05, 0.1) is 0 Å². The Labute approximate surface area is 212 Å². The Hall–Kier alpha value is -2.84. The van der Waals surface area contributed by atoms with E-state index < -0.39 is 5.41 Å². The predicted molar refractivity (Wildman–Crippen MR) is 144 cm³/mol. The molecule has 0 radical (unpaired) electrons. The number of carbonyl (C=O) groups is 1. The van der Waals surface area contributed by atoms with Crippen molar-refractivity contribution in [2.45, 2.75) is 59.0 Å². The lowest BCUT2D eigenvalue weighted by Crippen LogP contribution is -2.56. The zero-order valence-electron chi connectivity index (χ0n) is 21.4. The largest absolute Gasteiger partial charge is 0.337 e. The van der Waals surface area contributed by atoms with Crippen molar-refractivity contribution in [1.82, 2.24) is 20.9 Å². The van der Waals surface area contributed by atoms with Crippen LogP contribution in [-0.2, 0) is 0 Å². The number of aryl methyl sites for hydroxylation is 1. The van der Waals surface area contributed by atoms with E-state index in [0.29, 0.717) is 23.7 Å². The van der Waals surface area contributed by atoms with E-state index in [2.05, 4.69) is 34.8 Å². The summed E-state index contributed by atoms with van der Waals surface area (Å²) < 4.78 is 12.3. The Morgan fingerprint density at radius 1 is 1.31 bits per heavy atom. The van der Waals surface area contributed by atoms with Gasteiger partial charge in [0.15, 0.2) is 0 Å². The third kappa shape index (κ3) is 8.71. The van der Waals surface area contributed by atoms with Crippen LogP contribution in [0, 0.1) is 29.5 Å². The van der Waals surface area contributed by atoms with Crippen molar-refractivity contribution in [1.29, 1.82) is 5.41 Å². The van der Waals surface area contributed by atoms with Crippen LogP contribution in [0.25, 0.3) is 0 Å². The highest BCUT2D eigenvalue weighted by Crippen LogP contribution is 2.27. The monoisotopic (exact) mass is 488 g/mol. The van der Waals surface area contributed by atoms with E-state index in [4.69, 9.17) is 11.1 Å². The van der Waals surface area contributed by atoms with Gasteiger partial charge in [-0.15, -0.1) is 0 Å². The quantitative estimate of drug-likeness (QED) is 0.352. The first-order valence-corrected chi connectivity index (χ1v) is 12.4. The Balaban J connectivity index is 0.00000111. The fourth-order valence-corrected chi connectivity index (χ4v) is 4.20. The lowest BCUT2D eigenvalue weighted by molar-refractivity contribution is 0.224. The third-order valence-corrected chi connectivity index (χ3v) is 6.56. The number of pyridine rings is 1. The molecule has 1 saturated heterocycles. The Bertz CT molecular complexity index is 931. The molecule has 0 bridgehead atoms. The summed E-state index contributed by atoms with van der Waals surface area (Å²) in [5.74, 6) is 0.416. The summed E-state index contributed by atoms with van der Waals surface area (Å²) in [6.45, 7) is 10.1. The summed E-state index contributed by atoms with van der Waals surface area (Å²) >= 11 is 0. The number of halogens is 1. The van der Waals surface area contributed by atoms with Crippen molar-refractivity contribution < 1.29 is 12.0 Å². The van der Waals surface area contributed by atoms with Gasteiger partial charge in [-0.25, -0.2) is 9.18 Å². The number of amides is 2. The van der Waals surface area contributed by atoms with Crippen LogP contribution in [0.4, 0.5) is 9.18 Å². The molecule has 35 heavy (non-hydrogen) atoms. The number of hydrogen-bond acceptors (Lipinski definition) is 5. The van der Waals surface area contributed by atoms with E-state index in [-0.39, 0.29) is 26.8 Å². The van der Waals surface area contributed by atoms with E-state index in [1.165, 1.54) is 6.07 Å². The maximum atomic E-state index is 12.4. The summed E-state index contributed by atoms with van der Waals surface area (Å²) in [6, 6.07) is 10.0. The number of nitrogens with two attached hydrogens (primary N) is 1. The van der Waals surface area contributed by atoms with E-state index in [1.54, 1.807) is 31.5 Å². The molecule has 1 fully saturated rings. The van der Waals surface area contributed by atoms with Crippen LogP contribution < -0.4 is 21.7 Å². The SMILES string of the molecule is CCCC(N)C(C)(CNC(=O)NC1CNCC(C)C1)C(=N)c1ccncc1.Cc1ccccc1F.[HH].[HH]. The first-order chi connectivity index (χ1) is 16.7. The lowest BCUT2D eigenvalue weighted by Gasteiger charge is -2.37. The van der Waals surface area contributed by atoms with Gasteiger partial charge in [0, 0.05) is 51.5 Å². The van der Waals surface area contributed by atoms with Crippen molar-refractivity contribution >= 4 is 11.7 Å². The molecule has 1 aromatic heterocycles. The predicted octanol–water partition coefficient (Wildman–Crippen LogP) is 4.51. The van der Waals surface area contributed by atoms with E-state index in [1.807, 2.05) is 25.1 Å². The molecule has 0 spiro atoms. The Morgan fingerprint density at radius 3 is 2.57 bits per heavy atom. The third-order valence-electron chi connectivity index (χ3n) is 6.56. The molecular formula is C27H45FN6O. The van der Waals surface area contributed by atoms with Gasteiger partial charge in [-0.1, -0.05) is 45.4 Å². The molecule has 3 rings (SSSR count). The van der Waals surface area contributed by atoms with E-state index in [9.17, 15) is 9.18 Å². The molecule has 0 aliphatic carbocycles. The normalized spacial score (nSPS) is 19.9. The number of nitrogens with one attached hydrogen (secondary N) is 4. The maximum Gasteiger partial charge on any atom is 0.315 e. The molecule has 4 atom stereocenters. The van der Waals surface area contributed by atoms with Crippen molar-refractivity contribution in [3.8, 4) is 0 Å². The summed E-state index contributed by atoms with van der Waals surface area (Å²) in [7, 11) is 0. The number of rotatable bonds is 8. The van der Waals surface area contributed by atoms with E-state index in [0.717, 1.165) is 37.9 Å². The molecule has 196 valence electrons. The summed E-state index contributed by atoms with van der Waals surface area (Å²) in [5.41, 5.74) is 7.71. The fourth-order valence-electron chi connectivity index (χ4n) is 4.20. The van der Waals surface area contributed by atoms with Crippen LogP contribution in [-0.4, -0.2) is 48.4 Å². The van der Waals surface area contributed by atoms with Gasteiger partial charge < -0.3 is 27.1 Å². The van der Waals surface area contributed by atoms with Crippen molar-refractivity contribution in [2.24, 2.45) is 17.1 Å². The number of benzene rings is 1. The van der Waals surface area contributed by atoms with Gasteiger partial charge in [-0.2, -0.15) is 0 Å². The lowest BCUT2D eigenvalue weighted by atomic mass is 9.74. The topological polar surface area (TPSA) is 116 Å². The second-order valence-electron chi connectivity index (χ2n) is 9.70. The average molecular weight is 489 g/mol. The molecule has 1 aromatic carbocycles. The van der Waals surface area contributed by atoms with Gasteiger partial charge in [0.25, 0.3) is 0 Å². The second-order valence-corrected chi connectivity index (χ2v) is 9.70. The molecule has 2 amide bonds. The van der Waals surface area contributed by atoms with Crippen LogP contribution in [0.2, 0.25) is 0 Å². The number of carbonyl (C=O) groups excluding carboxylic acids is 1. The van der Waals surface area contributed by atoms with Crippen LogP contribution in [0.5, 0.6) is 0 Å². The second kappa shape index (κ2) is 13.9. The summed E-state index contributed by atoms with van der Waals surface area (Å²) in [6.07, 6.45) is 6.04. The van der Waals surface area contributed by atoms with Crippen molar-refractivity contribution in [3.05, 3.63) is 65.7 Å². The minimum absolute atomic E-state index is 0. The van der Waals surface area contributed by atoms with Crippen LogP contribution in [0.15, 0.2) is 48.8 Å².